The fourth-order valence-corrected chi connectivity index (χ4v) is 2.42. The van der Waals surface area contributed by atoms with Crippen molar-refractivity contribution >= 4 is 16.1 Å². The van der Waals surface area contributed by atoms with Crippen LogP contribution < -0.4 is 5.73 Å². The van der Waals surface area contributed by atoms with E-state index in [9.17, 15) is 18.3 Å². The number of hydrogen-bond donors (Lipinski definition) is 3. The first-order valence-corrected chi connectivity index (χ1v) is 9.30. The summed E-state index contributed by atoms with van der Waals surface area (Å²) in [6.45, 7) is 3.79. The van der Waals surface area contributed by atoms with Gasteiger partial charge >= 0.3 is 5.97 Å². The predicted octanol–water partition coefficient (Wildman–Crippen LogP) is 1.85. The van der Waals surface area contributed by atoms with Crippen molar-refractivity contribution in [2.75, 3.05) is 6.61 Å². The third-order valence-electron chi connectivity index (χ3n) is 3.36. The van der Waals surface area contributed by atoms with Crippen molar-refractivity contribution in [3.63, 3.8) is 0 Å². The molecule has 142 valence electrons. The number of esters is 1. The van der Waals surface area contributed by atoms with Gasteiger partial charge in [-0.3, -0.25) is 9.35 Å². The van der Waals surface area contributed by atoms with Gasteiger partial charge in [0.2, 0.25) is 0 Å². The molecule has 2 aromatic carbocycles. The predicted molar refractivity (Wildman–Crippen MR) is 97.0 cm³/mol. The molecule has 8 heteroatoms. The van der Waals surface area contributed by atoms with Crippen LogP contribution in [0.25, 0.3) is 0 Å². The van der Waals surface area contributed by atoms with Crippen LogP contribution in [0.5, 0.6) is 0 Å². The van der Waals surface area contributed by atoms with Gasteiger partial charge in [-0.25, -0.2) is 0 Å². The molecule has 1 unspecified atom stereocenters. The summed E-state index contributed by atoms with van der Waals surface area (Å²) in [6.07, 6.45) is -1.02. The average Bonchev–Trinajstić information content (AvgIpc) is 2.61. The van der Waals surface area contributed by atoms with E-state index in [1.54, 1.807) is 43.3 Å². The molecular weight excluding hydrogens is 358 g/mol. The Bertz CT molecular complexity index is 790. The van der Waals surface area contributed by atoms with E-state index in [1.165, 1.54) is 12.1 Å². The van der Waals surface area contributed by atoms with E-state index in [0.29, 0.717) is 5.56 Å². The van der Waals surface area contributed by atoms with E-state index in [4.69, 9.17) is 15.0 Å². The minimum atomic E-state index is -4.02. The zero-order valence-corrected chi connectivity index (χ0v) is 15.4. The number of carbonyl (C=O) groups excluding carboxylic acids is 1. The lowest BCUT2D eigenvalue weighted by Gasteiger charge is -2.17. The fourth-order valence-electron chi connectivity index (χ4n) is 1.94. The summed E-state index contributed by atoms with van der Waals surface area (Å²) < 4.78 is 34.3. The molecule has 2 atom stereocenters. The Morgan fingerprint density at radius 1 is 1.12 bits per heavy atom. The largest absolute Gasteiger partial charge is 0.465 e. The van der Waals surface area contributed by atoms with Gasteiger partial charge in [-0.15, -0.1) is 0 Å². The Labute approximate surface area is 153 Å². The highest BCUT2D eigenvalue weighted by molar-refractivity contribution is 7.85. The monoisotopic (exact) mass is 381 g/mol. The second-order valence-corrected chi connectivity index (χ2v) is 6.84. The van der Waals surface area contributed by atoms with Crippen LogP contribution in [0.1, 0.15) is 24.2 Å². The molecule has 26 heavy (non-hydrogen) atoms. The second-order valence-electron chi connectivity index (χ2n) is 5.42. The zero-order valence-electron chi connectivity index (χ0n) is 14.6. The van der Waals surface area contributed by atoms with E-state index in [2.05, 4.69) is 0 Å². The molecule has 2 aromatic rings. The van der Waals surface area contributed by atoms with Gasteiger partial charge in [0.15, 0.2) is 0 Å². The first-order valence-electron chi connectivity index (χ1n) is 7.86. The van der Waals surface area contributed by atoms with Crippen molar-refractivity contribution < 1.29 is 27.6 Å². The summed E-state index contributed by atoms with van der Waals surface area (Å²) >= 11 is 0. The molecule has 0 aliphatic carbocycles. The molecule has 0 fully saturated rings. The molecule has 0 aliphatic heterocycles. The molecule has 0 aliphatic rings. The topological polar surface area (TPSA) is 127 Å². The maximum absolute atomic E-state index is 11.3. The lowest BCUT2D eigenvalue weighted by atomic mass is 10.0. The third-order valence-corrected chi connectivity index (χ3v) is 4.23. The molecule has 4 N–H and O–H groups in total. The van der Waals surface area contributed by atoms with Crippen molar-refractivity contribution in [3.05, 3.63) is 65.7 Å². The molecule has 0 radical (unpaired) electrons. The van der Waals surface area contributed by atoms with Crippen LogP contribution in [-0.2, 0) is 19.6 Å². The van der Waals surface area contributed by atoms with Crippen LogP contribution in [0.3, 0.4) is 0 Å². The van der Waals surface area contributed by atoms with Gasteiger partial charge in [0.05, 0.1) is 11.5 Å². The Balaban J connectivity index is 0.000000273. The Morgan fingerprint density at radius 2 is 1.65 bits per heavy atom. The smallest absolute Gasteiger partial charge is 0.325 e. The maximum atomic E-state index is 11.3. The SMILES string of the molecule is CCOC(=O)[C@@H](N)C(O)c1ccccc1.Cc1ccc(S(=O)(=O)O)cc1. The van der Waals surface area contributed by atoms with Crippen molar-refractivity contribution in [1.82, 2.24) is 0 Å². The summed E-state index contributed by atoms with van der Waals surface area (Å²) in [5, 5.41) is 9.76. The van der Waals surface area contributed by atoms with Gasteiger partial charge in [-0.05, 0) is 31.5 Å². The molecule has 0 heterocycles. The third kappa shape index (κ3) is 6.93. The van der Waals surface area contributed by atoms with Gasteiger partial charge in [0.25, 0.3) is 10.1 Å². The first kappa shape index (κ1) is 21.8. The summed E-state index contributed by atoms with van der Waals surface area (Å²) in [5.41, 5.74) is 7.12. The standard InChI is InChI=1S/C11H15NO3.C7H8O3S/c1-2-15-11(14)9(12)10(13)8-6-4-3-5-7-8;1-6-2-4-7(5-3-6)11(8,9)10/h3-7,9-10,13H,2,12H2,1H3;2-5H,1H3,(H,8,9,10)/t9-,10?;/m0./s1. The van der Waals surface area contributed by atoms with Gasteiger partial charge in [-0.2, -0.15) is 8.42 Å². The van der Waals surface area contributed by atoms with Crippen LogP contribution in [0, 0.1) is 6.92 Å². The fraction of sp³-hybridized carbons (Fsp3) is 0.278. The minimum Gasteiger partial charge on any atom is -0.465 e. The van der Waals surface area contributed by atoms with Crippen molar-refractivity contribution in [2.24, 2.45) is 5.73 Å². The van der Waals surface area contributed by atoms with Crippen LogP contribution in [-0.4, -0.2) is 36.7 Å². The molecule has 0 saturated carbocycles. The number of benzene rings is 2. The van der Waals surface area contributed by atoms with E-state index in [1.807, 2.05) is 13.0 Å². The number of aliphatic hydroxyl groups excluding tert-OH is 1. The second kappa shape index (κ2) is 10.0. The number of rotatable bonds is 5. The number of nitrogens with two attached hydrogens (primary N) is 1. The van der Waals surface area contributed by atoms with E-state index in [-0.39, 0.29) is 11.5 Å². The van der Waals surface area contributed by atoms with Crippen molar-refractivity contribution in [3.8, 4) is 0 Å². The number of carbonyl (C=O) groups is 1. The molecular formula is C18H23NO6S. The summed E-state index contributed by atoms with van der Waals surface area (Å²) in [4.78, 5) is 11.2. The normalized spacial score (nSPS) is 13.1. The van der Waals surface area contributed by atoms with Crippen molar-refractivity contribution in [2.45, 2.75) is 30.9 Å². The highest BCUT2D eigenvalue weighted by Crippen LogP contribution is 2.15. The Morgan fingerprint density at radius 3 is 2.12 bits per heavy atom. The first-order chi connectivity index (χ1) is 12.2. The Kier molecular flexibility index (Phi) is 8.40. The van der Waals surface area contributed by atoms with Crippen LogP contribution in [0.4, 0.5) is 0 Å². The highest BCUT2D eigenvalue weighted by atomic mass is 32.2. The van der Waals surface area contributed by atoms with E-state index >= 15 is 0 Å². The van der Waals surface area contributed by atoms with Crippen molar-refractivity contribution in [1.29, 1.82) is 0 Å². The quantitative estimate of drug-likeness (QED) is 0.533. The maximum Gasteiger partial charge on any atom is 0.325 e. The molecule has 0 aromatic heterocycles. The van der Waals surface area contributed by atoms with Crippen LogP contribution in [0.15, 0.2) is 59.5 Å². The summed E-state index contributed by atoms with van der Waals surface area (Å²) in [7, 11) is -4.02. The molecule has 0 spiro atoms. The van der Waals surface area contributed by atoms with Gasteiger partial charge in [0, 0.05) is 0 Å². The molecule has 0 amide bonds. The lowest BCUT2D eigenvalue weighted by molar-refractivity contribution is -0.147. The van der Waals surface area contributed by atoms with Crippen LogP contribution in [0.2, 0.25) is 0 Å². The minimum absolute atomic E-state index is 0.0666. The van der Waals surface area contributed by atoms with E-state index < -0.39 is 28.2 Å². The van der Waals surface area contributed by atoms with E-state index in [0.717, 1.165) is 5.56 Å². The number of ether oxygens (including phenoxy) is 1. The lowest BCUT2D eigenvalue weighted by Crippen LogP contribution is -2.38. The number of aryl methyl sites for hydroxylation is 1. The zero-order chi connectivity index (χ0) is 19.7. The van der Waals surface area contributed by atoms with Gasteiger partial charge < -0.3 is 15.6 Å². The Hall–Kier alpha value is -2.26. The summed E-state index contributed by atoms with van der Waals surface area (Å²) in [6, 6.07) is 13.8. The number of hydrogen-bond acceptors (Lipinski definition) is 6. The summed E-state index contributed by atoms with van der Waals surface area (Å²) in [5.74, 6) is -0.589. The molecule has 2 rings (SSSR count). The van der Waals surface area contributed by atoms with Crippen LogP contribution >= 0.6 is 0 Å². The average molecular weight is 381 g/mol. The number of aliphatic hydroxyl groups is 1. The van der Waals surface area contributed by atoms with Gasteiger partial charge in [-0.1, -0.05) is 48.0 Å². The highest BCUT2D eigenvalue weighted by Gasteiger charge is 2.24. The molecule has 7 nitrogen and oxygen atoms in total. The molecule has 0 saturated heterocycles. The molecule has 0 bridgehead atoms. The van der Waals surface area contributed by atoms with Gasteiger partial charge in [0.1, 0.15) is 12.1 Å².